The Morgan fingerprint density at radius 1 is 0.144 bits per heavy atom. The van der Waals surface area contributed by atoms with Crippen LogP contribution in [0.25, 0.3) is 165 Å². The zero-order chi connectivity index (χ0) is 59.5. The van der Waals surface area contributed by atoms with Crippen molar-refractivity contribution in [3.8, 4) is 78.1 Å². The summed E-state index contributed by atoms with van der Waals surface area (Å²) in [4.78, 5) is 0. The lowest BCUT2D eigenvalue weighted by molar-refractivity contribution is 1.18. The Morgan fingerprint density at radius 3 is 0.867 bits per heavy atom. The van der Waals surface area contributed by atoms with Crippen molar-refractivity contribution >= 4 is 86.7 Å². The summed E-state index contributed by atoms with van der Waals surface area (Å²) >= 11 is 0. The number of para-hydroxylation sites is 2. The molecule has 0 aliphatic rings. The summed E-state index contributed by atoms with van der Waals surface area (Å²) in [5.74, 6) is 0. The van der Waals surface area contributed by atoms with Crippen LogP contribution >= 0.6 is 0 Å². The first-order chi connectivity index (χ1) is 44.6. The van der Waals surface area contributed by atoms with E-state index in [1.807, 2.05) is 0 Å². The van der Waals surface area contributed by atoms with E-state index >= 15 is 0 Å². The molecule has 0 aliphatic carbocycles. The van der Waals surface area contributed by atoms with Gasteiger partial charge in [0.2, 0.25) is 0 Å². The Hall–Kier alpha value is -11.8. The monoisotopic (exact) mass is 1140 g/mol. The molecule has 0 saturated heterocycles. The molecule has 0 bridgehead atoms. The SMILES string of the molecule is c1ccc(-c2ccc(-n3c4ccccc4c4c5cc(-c6ccc7ccc(-c8ccccc8)cc7c6)ccc5ccc43)cc2)cc1.c1ccc(-c2ccc(-n3c4ccccc4c4c5ccc(-c6ccc7ccc(-c8ccccc8)cc7c6)cc5ccc43)cc2)cc1. The molecule has 16 aromatic carbocycles. The third-order valence-electron chi connectivity index (χ3n) is 18.3. The quantitative estimate of drug-likeness (QED) is 0.144. The molecule has 18 aromatic rings. The predicted octanol–water partition coefficient (Wildman–Crippen LogP) is 24.2. The minimum atomic E-state index is 1.17. The molecule has 0 fully saturated rings. The molecule has 2 nitrogen and oxygen atoms in total. The summed E-state index contributed by atoms with van der Waals surface area (Å²) in [6.07, 6.45) is 0. The van der Waals surface area contributed by atoms with Gasteiger partial charge in [-0.2, -0.15) is 0 Å². The first-order valence-electron chi connectivity index (χ1n) is 31.0. The molecule has 420 valence electrons. The van der Waals surface area contributed by atoms with Crippen LogP contribution in [0.2, 0.25) is 0 Å². The normalized spacial score (nSPS) is 11.6. The second-order valence-electron chi connectivity index (χ2n) is 23.6. The molecule has 2 heterocycles. The number of benzene rings is 16. The van der Waals surface area contributed by atoms with Gasteiger partial charge in [-0.15, -0.1) is 0 Å². The first-order valence-corrected chi connectivity index (χ1v) is 31.0. The van der Waals surface area contributed by atoms with Crippen LogP contribution < -0.4 is 0 Å². The van der Waals surface area contributed by atoms with Crippen molar-refractivity contribution in [1.29, 1.82) is 0 Å². The zero-order valence-corrected chi connectivity index (χ0v) is 49.4. The Kier molecular flexibility index (Phi) is 12.9. The summed E-state index contributed by atoms with van der Waals surface area (Å²) < 4.78 is 4.81. The molecule has 0 N–H and O–H groups in total. The van der Waals surface area contributed by atoms with Gasteiger partial charge < -0.3 is 9.13 Å². The van der Waals surface area contributed by atoms with E-state index in [1.54, 1.807) is 0 Å². The Bertz CT molecular complexity index is 5720. The largest absolute Gasteiger partial charge is 0.309 e. The van der Waals surface area contributed by atoms with E-state index in [2.05, 4.69) is 361 Å². The van der Waals surface area contributed by atoms with E-state index in [0.29, 0.717) is 0 Å². The van der Waals surface area contributed by atoms with Crippen LogP contribution in [0.1, 0.15) is 0 Å². The van der Waals surface area contributed by atoms with Crippen LogP contribution in [0.4, 0.5) is 0 Å². The summed E-state index contributed by atoms with van der Waals surface area (Å²) in [5.41, 5.74) is 22.0. The van der Waals surface area contributed by atoms with E-state index in [0.717, 1.165) is 0 Å². The molecule has 2 heteroatoms. The lowest BCUT2D eigenvalue weighted by atomic mass is 9.95. The Labute approximate surface area is 522 Å². The number of aromatic nitrogens is 2. The van der Waals surface area contributed by atoms with Crippen molar-refractivity contribution < 1.29 is 0 Å². The van der Waals surface area contributed by atoms with Gasteiger partial charge in [0, 0.05) is 32.9 Å². The topological polar surface area (TPSA) is 9.86 Å². The van der Waals surface area contributed by atoms with Gasteiger partial charge in [0.25, 0.3) is 0 Å². The number of rotatable bonds is 8. The molecular formula is C88H58N2. The first kappa shape index (κ1) is 52.5. The minimum Gasteiger partial charge on any atom is -0.309 e. The molecule has 2 aromatic heterocycles. The van der Waals surface area contributed by atoms with Crippen LogP contribution in [0, 0.1) is 0 Å². The van der Waals surface area contributed by atoms with Gasteiger partial charge in [0.15, 0.2) is 0 Å². The Balaban J connectivity index is 0.000000139. The van der Waals surface area contributed by atoms with E-state index in [4.69, 9.17) is 0 Å². The van der Waals surface area contributed by atoms with Gasteiger partial charge in [-0.1, -0.05) is 267 Å². The van der Waals surface area contributed by atoms with Gasteiger partial charge in [0.05, 0.1) is 22.1 Å². The van der Waals surface area contributed by atoms with Crippen LogP contribution in [-0.4, -0.2) is 9.13 Å². The Morgan fingerprint density at radius 2 is 0.433 bits per heavy atom. The third kappa shape index (κ3) is 9.38. The van der Waals surface area contributed by atoms with Crippen molar-refractivity contribution in [3.63, 3.8) is 0 Å². The second kappa shape index (κ2) is 22.1. The molecule has 0 amide bonds. The fourth-order valence-electron chi connectivity index (χ4n) is 13.8. The van der Waals surface area contributed by atoms with E-state index in [9.17, 15) is 0 Å². The highest BCUT2D eigenvalue weighted by atomic mass is 15.0. The van der Waals surface area contributed by atoms with Gasteiger partial charge in [-0.25, -0.2) is 0 Å². The number of hydrogen-bond acceptors (Lipinski definition) is 0. The standard InChI is InChI=1S/2C44H29N/c1-3-9-30(10-4-1)32-21-24-39(25-22-32)45-42-14-8-7-13-40(42)44-41-29-37(20-17-34(41)23-26-43(44)45)36-19-16-33-15-18-35(27-38(33)28-36)31-11-5-2-6-12-31;1-3-9-30(10-4-1)32-19-23-39(24-20-32)45-42-14-8-7-13-41(42)44-40-25-21-36(27-37(40)22-26-43(44)45)35-18-16-33-15-17-34(28-38(33)29-35)31-11-5-2-6-12-31/h2*1-29H. The van der Waals surface area contributed by atoms with Crippen LogP contribution in [0.3, 0.4) is 0 Å². The van der Waals surface area contributed by atoms with Gasteiger partial charge in [0.1, 0.15) is 0 Å². The maximum atomic E-state index is 2.41. The van der Waals surface area contributed by atoms with E-state index < -0.39 is 0 Å². The minimum absolute atomic E-state index is 1.17. The molecule has 18 rings (SSSR count). The molecule has 0 radical (unpaired) electrons. The molecule has 0 aliphatic heterocycles. The fourth-order valence-corrected chi connectivity index (χ4v) is 13.8. The molecular weight excluding hydrogens is 1080 g/mol. The van der Waals surface area contributed by atoms with E-state index in [1.165, 1.54) is 165 Å². The third-order valence-corrected chi connectivity index (χ3v) is 18.3. The van der Waals surface area contributed by atoms with Crippen LogP contribution in [0.15, 0.2) is 352 Å². The van der Waals surface area contributed by atoms with Gasteiger partial charge in [-0.3, -0.25) is 0 Å². The predicted molar refractivity (Wildman–Crippen MR) is 384 cm³/mol. The summed E-state index contributed by atoms with van der Waals surface area (Å²) in [6.45, 7) is 0. The molecule has 0 saturated carbocycles. The fraction of sp³-hybridized carbons (Fsp3) is 0. The molecule has 0 spiro atoms. The maximum Gasteiger partial charge on any atom is 0.0547 e. The maximum absolute atomic E-state index is 2.41. The number of hydrogen-bond donors (Lipinski definition) is 0. The number of nitrogens with zero attached hydrogens (tertiary/aromatic N) is 2. The highest BCUT2D eigenvalue weighted by Gasteiger charge is 2.18. The van der Waals surface area contributed by atoms with Crippen molar-refractivity contribution in [2.45, 2.75) is 0 Å². The lowest BCUT2D eigenvalue weighted by Gasteiger charge is -2.11. The average molecular weight is 1140 g/mol. The van der Waals surface area contributed by atoms with Gasteiger partial charge in [-0.05, 0) is 195 Å². The van der Waals surface area contributed by atoms with Gasteiger partial charge >= 0.3 is 0 Å². The van der Waals surface area contributed by atoms with Crippen molar-refractivity contribution in [2.75, 3.05) is 0 Å². The van der Waals surface area contributed by atoms with E-state index in [-0.39, 0.29) is 0 Å². The highest BCUT2D eigenvalue weighted by Crippen LogP contribution is 2.42. The molecule has 0 atom stereocenters. The summed E-state index contributed by atoms with van der Waals surface area (Å²) in [6, 6.07) is 128. The van der Waals surface area contributed by atoms with Crippen molar-refractivity contribution in [3.05, 3.63) is 352 Å². The molecule has 90 heavy (non-hydrogen) atoms. The summed E-state index contributed by atoms with van der Waals surface area (Å²) in [5, 5.41) is 15.2. The van der Waals surface area contributed by atoms with Crippen molar-refractivity contribution in [1.82, 2.24) is 9.13 Å². The van der Waals surface area contributed by atoms with Crippen LogP contribution in [0.5, 0.6) is 0 Å². The molecule has 0 unspecified atom stereocenters. The average Bonchev–Trinajstić information content (AvgIpc) is 1.69. The summed E-state index contributed by atoms with van der Waals surface area (Å²) in [7, 11) is 0. The zero-order valence-electron chi connectivity index (χ0n) is 49.4. The lowest BCUT2D eigenvalue weighted by Crippen LogP contribution is -1.93. The smallest absolute Gasteiger partial charge is 0.0547 e. The highest BCUT2D eigenvalue weighted by molar-refractivity contribution is 6.23. The number of fused-ring (bicyclic) bond motifs is 12. The second-order valence-corrected chi connectivity index (χ2v) is 23.6. The van der Waals surface area contributed by atoms with Crippen LogP contribution in [-0.2, 0) is 0 Å². The van der Waals surface area contributed by atoms with Crippen molar-refractivity contribution in [2.24, 2.45) is 0 Å².